The summed E-state index contributed by atoms with van der Waals surface area (Å²) in [7, 11) is 0. The number of esters is 1. The van der Waals surface area contributed by atoms with Crippen molar-refractivity contribution < 1.29 is 14.6 Å². The smallest absolute Gasteiger partial charge is 0.312 e. The minimum absolute atomic E-state index is 0.00942. The molecule has 6 rings (SSSR count). The molecule has 1 N–H and O–H groups in total. The van der Waals surface area contributed by atoms with Gasteiger partial charge in [-0.1, -0.05) is 78.8 Å². The molecule has 5 fully saturated rings. The SMILES string of the molecule is CC(C)[C@@H]1CC[C@]2(C(=O)OCc3ccccc3)CC[C@]3(C)C(CCC4[C@@]5(C)CC[C@@H](O)C(C)(C)C5CC[C@]43C)[C@H]12. The fourth-order valence-electron chi connectivity index (χ4n) is 12.6. The summed E-state index contributed by atoms with van der Waals surface area (Å²) in [5, 5.41) is 11.0. The zero-order chi connectivity index (χ0) is 28.7. The summed E-state index contributed by atoms with van der Waals surface area (Å²) < 4.78 is 6.20. The maximum Gasteiger partial charge on any atom is 0.312 e. The predicted octanol–water partition coefficient (Wildman–Crippen LogP) is 8.83. The second-order valence-corrected chi connectivity index (χ2v) is 16.7. The molecule has 0 aliphatic heterocycles. The lowest BCUT2D eigenvalue weighted by Gasteiger charge is -2.72. The van der Waals surface area contributed by atoms with Crippen molar-refractivity contribution in [2.45, 2.75) is 125 Å². The molecule has 0 heterocycles. The van der Waals surface area contributed by atoms with Crippen molar-refractivity contribution in [2.75, 3.05) is 0 Å². The third-order valence-corrected chi connectivity index (χ3v) is 14.9. The van der Waals surface area contributed by atoms with Crippen LogP contribution in [0.3, 0.4) is 0 Å². The van der Waals surface area contributed by atoms with E-state index in [4.69, 9.17) is 4.74 Å². The van der Waals surface area contributed by atoms with Crippen LogP contribution in [0.15, 0.2) is 30.3 Å². The molecule has 0 amide bonds. The molecule has 5 aliphatic carbocycles. The first kappa shape index (κ1) is 28.8. The molecular weight excluding hydrogens is 492 g/mol. The van der Waals surface area contributed by atoms with Gasteiger partial charge >= 0.3 is 5.97 Å². The number of carbonyl (C=O) groups excluding carboxylic acids is 1. The number of hydrogen-bond donors (Lipinski definition) is 1. The minimum atomic E-state index is -0.310. The van der Waals surface area contributed by atoms with Crippen molar-refractivity contribution in [1.82, 2.24) is 0 Å². The highest BCUT2D eigenvalue weighted by Gasteiger charge is 2.72. The molecule has 0 aromatic heterocycles. The van der Waals surface area contributed by atoms with Crippen molar-refractivity contribution in [3.8, 4) is 0 Å². The number of aliphatic hydroxyl groups excluding tert-OH is 1. The molecule has 1 aromatic carbocycles. The average molecular weight is 549 g/mol. The van der Waals surface area contributed by atoms with Gasteiger partial charge in [0.25, 0.3) is 0 Å². The molecule has 3 nitrogen and oxygen atoms in total. The summed E-state index contributed by atoms with van der Waals surface area (Å²) in [6.07, 6.45) is 11.3. The number of carbonyl (C=O) groups is 1. The van der Waals surface area contributed by atoms with Gasteiger partial charge in [0.2, 0.25) is 0 Å². The van der Waals surface area contributed by atoms with E-state index in [0.717, 1.165) is 37.7 Å². The van der Waals surface area contributed by atoms with Gasteiger partial charge in [0, 0.05) is 0 Å². The van der Waals surface area contributed by atoms with E-state index in [2.05, 4.69) is 60.6 Å². The fourth-order valence-corrected chi connectivity index (χ4v) is 12.6. The molecule has 222 valence electrons. The van der Waals surface area contributed by atoms with Gasteiger partial charge in [0.1, 0.15) is 6.61 Å². The summed E-state index contributed by atoms with van der Waals surface area (Å²) in [4.78, 5) is 14.2. The van der Waals surface area contributed by atoms with E-state index < -0.39 is 0 Å². The molecular formula is C37H56O3. The molecule has 0 spiro atoms. The van der Waals surface area contributed by atoms with Gasteiger partial charge in [-0.2, -0.15) is 0 Å². The Morgan fingerprint density at radius 2 is 1.57 bits per heavy atom. The third kappa shape index (κ3) is 3.80. The average Bonchev–Trinajstić information content (AvgIpc) is 3.32. The zero-order valence-corrected chi connectivity index (χ0v) is 26.5. The van der Waals surface area contributed by atoms with Crippen LogP contribution in [0.2, 0.25) is 0 Å². The van der Waals surface area contributed by atoms with Crippen LogP contribution in [0.4, 0.5) is 0 Å². The first-order valence-electron chi connectivity index (χ1n) is 16.7. The zero-order valence-electron chi connectivity index (χ0n) is 26.5. The Morgan fingerprint density at radius 3 is 2.27 bits per heavy atom. The van der Waals surface area contributed by atoms with E-state index in [1.807, 2.05) is 18.2 Å². The molecule has 0 bridgehead atoms. The Bertz CT molecular complexity index is 1110. The summed E-state index contributed by atoms with van der Waals surface area (Å²) in [6, 6.07) is 10.2. The van der Waals surface area contributed by atoms with E-state index in [1.165, 1.54) is 32.1 Å². The second kappa shape index (κ2) is 9.58. The van der Waals surface area contributed by atoms with Crippen LogP contribution in [0.5, 0.6) is 0 Å². The number of fused-ring (bicyclic) bond motifs is 7. The number of rotatable bonds is 4. The summed E-state index contributed by atoms with van der Waals surface area (Å²) >= 11 is 0. The van der Waals surface area contributed by atoms with E-state index in [-0.39, 0.29) is 33.7 Å². The van der Waals surface area contributed by atoms with Crippen LogP contribution in [0.1, 0.15) is 118 Å². The van der Waals surface area contributed by atoms with E-state index in [1.54, 1.807) is 0 Å². The number of hydrogen-bond acceptors (Lipinski definition) is 3. The summed E-state index contributed by atoms with van der Waals surface area (Å²) in [5.41, 5.74) is 1.58. The number of aliphatic hydroxyl groups is 1. The number of ether oxygens (including phenoxy) is 1. The molecule has 3 unspecified atom stereocenters. The van der Waals surface area contributed by atoms with Gasteiger partial charge in [-0.25, -0.2) is 0 Å². The molecule has 0 radical (unpaired) electrons. The van der Waals surface area contributed by atoms with Crippen molar-refractivity contribution in [1.29, 1.82) is 0 Å². The van der Waals surface area contributed by atoms with Crippen molar-refractivity contribution in [3.63, 3.8) is 0 Å². The van der Waals surface area contributed by atoms with E-state index in [9.17, 15) is 9.90 Å². The Labute approximate surface area is 244 Å². The first-order chi connectivity index (χ1) is 18.8. The normalized spacial score (nSPS) is 47.5. The topological polar surface area (TPSA) is 46.5 Å². The lowest BCUT2D eigenvalue weighted by molar-refractivity contribution is -0.250. The predicted molar refractivity (Wildman–Crippen MR) is 161 cm³/mol. The van der Waals surface area contributed by atoms with Crippen molar-refractivity contribution in [3.05, 3.63) is 35.9 Å². The van der Waals surface area contributed by atoms with Gasteiger partial charge in [-0.3, -0.25) is 4.79 Å². The van der Waals surface area contributed by atoms with Crippen LogP contribution in [0.25, 0.3) is 0 Å². The van der Waals surface area contributed by atoms with Crippen molar-refractivity contribution >= 4 is 5.97 Å². The van der Waals surface area contributed by atoms with Gasteiger partial charge in [0.15, 0.2) is 0 Å². The Hall–Kier alpha value is -1.35. The first-order valence-corrected chi connectivity index (χ1v) is 16.7. The highest BCUT2D eigenvalue weighted by molar-refractivity contribution is 5.78. The van der Waals surface area contributed by atoms with Crippen molar-refractivity contribution in [2.24, 2.45) is 62.6 Å². The maximum absolute atomic E-state index is 14.2. The highest BCUT2D eigenvalue weighted by atomic mass is 16.5. The van der Waals surface area contributed by atoms with Crippen LogP contribution >= 0.6 is 0 Å². The van der Waals surface area contributed by atoms with Crippen LogP contribution in [-0.4, -0.2) is 17.2 Å². The van der Waals surface area contributed by atoms with E-state index in [0.29, 0.717) is 47.5 Å². The monoisotopic (exact) mass is 548 g/mol. The molecule has 0 saturated heterocycles. The largest absolute Gasteiger partial charge is 0.460 e. The minimum Gasteiger partial charge on any atom is -0.460 e. The third-order valence-electron chi connectivity index (χ3n) is 14.9. The van der Waals surface area contributed by atoms with Gasteiger partial charge in [-0.15, -0.1) is 0 Å². The van der Waals surface area contributed by atoms with Gasteiger partial charge < -0.3 is 9.84 Å². The summed E-state index contributed by atoms with van der Waals surface area (Å²) in [5.74, 6) is 3.60. The lowest BCUT2D eigenvalue weighted by atomic mass is 9.32. The van der Waals surface area contributed by atoms with Crippen LogP contribution in [0, 0.1) is 62.6 Å². The summed E-state index contributed by atoms with van der Waals surface area (Å²) in [6.45, 7) is 17.8. The number of benzene rings is 1. The van der Waals surface area contributed by atoms with Gasteiger partial charge in [0.05, 0.1) is 11.5 Å². The molecule has 3 heteroatoms. The van der Waals surface area contributed by atoms with Crippen LogP contribution in [-0.2, 0) is 16.1 Å². The molecule has 5 saturated carbocycles. The molecule has 10 atom stereocenters. The molecule has 5 aliphatic rings. The second-order valence-electron chi connectivity index (χ2n) is 16.7. The highest BCUT2D eigenvalue weighted by Crippen LogP contribution is 2.77. The molecule has 40 heavy (non-hydrogen) atoms. The lowest BCUT2D eigenvalue weighted by Crippen LogP contribution is -2.67. The van der Waals surface area contributed by atoms with E-state index >= 15 is 0 Å². The standard InChI is InChI=1S/C37H56O3/c1-24(2)26-15-20-37(32(39)40-23-25-11-9-8-10-12-25)22-21-35(6)27(31(26)37)13-14-29-34(5)18-17-30(38)33(3,4)28(34)16-19-36(29,35)7/h8-12,24,26-31,38H,13-23H2,1-7H3/t26-,27?,28?,29?,30+,31-,34-,35+,36+,37-/m0/s1. The van der Waals surface area contributed by atoms with Gasteiger partial charge in [-0.05, 0) is 127 Å². The van der Waals surface area contributed by atoms with Crippen LogP contribution < -0.4 is 0 Å². The Kier molecular flexibility index (Phi) is 6.89. The Morgan fingerprint density at radius 1 is 0.850 bits per heavy atom. The maximum atomic E-state index is 14.2. The molecule has 1 aromatic rings. The fraction of sp³-hybridized carbons (Fsp3) is 0.811. The Balaban J connectivity index is 1.33. The quantitative estimate of drug-likeness (QED) is 0.382.